The maximum Gasteiger partial charge on any atom is 0.246 e. The van der Waals surface area contributed by atoms with Gasteiger partial charge in [0.15, 0.2) is 0 Å². The summed E-state index contributed by atoms with van der Waals surface area (Å²) >= 11 is 0. The molecule has 0 bridgehead atoms. The van der Waals surface area contributed by atoms with Crippen LogP contribution in [-0.2, 0) is 41.6 Å². The molecule has 0 spiro atoms. The molecule has 4 unspecified atom stereocenters. The number of benzene rings is 2. The number of hydrogen-bond donors (Lipinski definition) is 7. The van der Waals surface area contributed by atoms with E-state index in [9.17, 15) is 28.8 Å². The zero-order valence-electron chi connectivity index (χ0n) is 37.2. The third-order valence-corrected chi connectivity index (χ3v) is 14.0. The van der Waals surface area contributed by atoms with E-state index in [1.54, 1.807) is 18.9 Å². The first-order valence-corrected chi connectivity index (χ1v) is 23.1. The molecular formula is C48H68N8O6. The van der Waals surface area contributed by atoms with Crippen LogP contribution in [0, 0.1) is 17.3 Å². The maximum atomic E-state index is 14.6. The maximum absolute atomic E-state index is 14.6. The number of carbonyl (C=O) groups excluding carboxylic acids is 6. The molecule has 5 aliphatic rings. The summed E-state index contributed by atoms with van der Waals surface area (Å²) in [5.41, 5.74) is 4.08. The lowest BCUT2D eigenvalue weighted by Crippen LogP contribution is -2.59. The Hall–Kier alpha value is -4.82. The fourth-order valence-corrected chi connectivity index (χ4v) is 10.3. The summed E-state index contributed by atoms with van der Waals surface area (Å²) in [7, 11) is 1.68. The molecule has 7 N–H and O–H groups in total. The quantitative estimate of drug-likeness (QED) is 0.170. The van der Waals surface area contributed by atoms with E-state index in [2.05, 4.69) is 55.4 Å². The standard InChI is InChI=1S/C48H68N8O6/c1-28(49-5)42(57)55-41(48(2,3)4)47(62)56-27-34(25-40(56)46(61)54-38-22-12-16-30-14-7-9-20-36(30)38)52-44(59)32-18-10-17-31(23-32)43(58)51-33-24-39(50-26-33)45(60)53-37-21-11-15-29-13-6-8-19-35(29)37/h6-9,13-14,19-20,28,31-34,37-41,49-50H,10-12,15-18,21-27H2,1-5H3,(H,51,58)(H,52,59)(H,53,60)(H,54,61)(H,55,57)/t28-,31?,32?,33-,34-,37+,38+,39-,40?,41?/m0/s1. The van der Waals surface area contributed by atoms with Gasteiger partial charge in [-0.2, -0.15) is 0 Å². The average Bonchev–Trinajstić information content (AvgIpc) is 3.92. The summed E-state index contributed by atoms with van der Waals surface area (Å²) < 4.78 is 0. The van der Waals surface area contributed by atoms with Crippen LogP contribution in [0.5, 0.6) is 0 Å². The summed E-state index contributed by atoms with van der Waals surface area (Å²) in [6.07, 6.45) is 8.75. The van der Waals surface area contributed by atoms with Gasteiger partial charge >= 0.3 is 0 Å². The first-order valence-electron chi connectivity index (χ1n) is 23.1. The Kier molecular flexibility index (Phi) is 14.4. The minimum Gasteiger partial charge on any atom is -0.352 e. The highest BCUT2D eigenvalue weighted by Gasteiger charge is 2.47. The summed E-state index contributed by atoms with van der Waals surface area (Å²) in [4.78, 5) is 84.5. The lowest BCUT2D eigenvalue weighted by atomic mass is 9.80. The Morgan fingerprint density at radius 3 is 1.82 bits per heavy atom. The van der Waals surface area contributed by atoms with Crippen molar-refractivity contribution in [1.82, 2.24) is 42.1 Å². The van der Waals surface area contributed by atoms with E-state index < -0.39 is 41.5 Å². The average molecular weight is 853 g/mol. The molecule has 3 aliphatic carbocycles. The van der Waals surface area contributed by atoms with Gasteiger partial charge in [-0.1, -0.05) is 75.7 Å². The molecule has 10 atom stereocenters. The van der Waals surface area contributed by atoms with Gasteiger partial charge in [0.25, 0.3) is 0 Å². The van der Waals surface area contributed by atoms with E-state index in [4.69, 9.17) is 0 Å². The number of aryl methyl sites for hydroxylation is 2. The third kappa shape index (κ3) is 10.5. The fourth-order valence-electron chi connectivity index (χ4n) is 10.3. The van der Waals surface area contributed by atoms with Gasteiger partial charge in [-0.05, 0) is 112 Å². The molecule has 0 aromatic heterocycles. The summed E-state index contributed by atoms with van der Waals surface area (Å²) in [6.45, 7) is 7.98. The fraction of sp³-hybridized carbons (Fsp3) is 0.625. The largest absolute Gasteiger partial charge is 0.352 e. The van der Waals surface area contributed by atoms with Crippen LogP contribution in [0.15, 0.2) is 48.5 Å². The van der Waals surface area contributed by atoms with Crippen molar-refractivity contribution in [3.05, 3.63) is 70.8 Å². The van der Waals surface area contributed by atoms with Crippen LogP contribution in [0.4, 0.5) is 0 Å². The number of nitrogens with one attached hydrogen (secondary N) is 7. The van der Waals surface area contributed by atoms with Crippen molar-refractivity contribution in [2.45, 2.75) is 153 Å². The van der Waals surface area contributed by atoms with Gasteiger partial charge in [-0.15, -0.1) is 0 Å². The minimum absolute atomic E-state index is 0.0101. The molecule has 1 saturated carbocycles. The van der Waals surface area contributed by atoms with Gasteiger partial charge < -0.3 is 42.1 Å². The Morgan fingerprint density at radius 1 is 0.677 bits per heavy atom. The molecule has 0 radical (unpaired) electrons. The van der Waals surface area contributed by atoms with Crippen LogP contribution in [0.25, 0.3) is 0 Å². The molecule has 7 rings (SSSR count). The number of nitrogens with zero attached hydrogens (tertiary/aromatic N) is 1. The van der Waals surface area contributed by atoms with E-state index in [1.807, 2.05) is 51.1 Å². The van der Waals surface area contributed by atoms with Crippen LogP contribution in [0.1, 0.15) is 126 Å². The molecule has 3 fully saturated rings. The zero-order chi connectivity index (χ0) is 44.1. The topological polar surface area (TPSA) is 190 Å². The molecule has 2 aliphatic heterocycles. The van der Waals surface area contributed by atoms with Crippen LogP contribution in [0.3, 0.4) is 0 Å². The normalized spacial score (nSPS) is 28.0. The van der Waals surface area contributed by atoms with E-state index in [0.29, 0.717) is 38.6 Å². The van der Waals surface area contributed by atoms with Crippen LogP contribution in [0.2, 0.25) is 0 Å². The molecule has 6 amide bonds. The molecule has 2 heterocycles. The predicted molar refractivity (Wildman–Crippen MR) is 236 cm³/mol. The highest BCUT2D eigenvalue weighted by atomic mass is 16.2. The van der Waals surface area contributed by atoms with Crippen molar-refractivity contribution in [2.24, 2.45) is 17.3 Å². The number of carbonyl (C=O) groups is 6. The molecule has 2 aromatic carbocycles. The Morgan fingerprint density at radius 2 is 1.24 bits per heavy atom. The van der Waals surface area contributed by atoms with Crippen molar-refractivity contribution in [3.63, 3.8) is 0 Å². The van der Waals surface area contributed by atoms with E-state index in [-0.39, 0.29) is 72.5 Å². The first kappa shape index (κ1) is 45.2. The monoisotopic (exact) mass is 853 g/mol. The molecule has 2 aromatic rings. The van der Waals surface area contributed by atoms with Gasteiger partial charge in [0.1, 0.15) is 12.1 Å². The molecule has 336 valence electrons. The zero-order valence-corrected chi connectivity index (χ0v) is 37.2. The van der Waals surface area contributed by atoms with Crippen molar-refractivity contribution in [1.29, 1.82) is 0 Å². The number of fused-ring (bicyclic) bond motifs is 2. The number of amides is 6. The van der Waals surface area contributed by atoms with E-state index in [0.717, 1.165) is 44.1 Å². The van der Waals surface area contributed by atoms with Crippen molar-refractivity contribution < 1.29 is 28.8 Å². The molecule has 14 heteroatoms. The van der Waals surface area contributed by atoms with Crippen molar-refractivity contribution in [3.8, 4) is 0 Å². The molecular weight excluding hydrogens is 785 g/mol. The highest BCUT2D eigenvalue weighted by molar-refractivity contribution is 5.94. The molecule has 62 heavy (non-hydrogen) atoms. The Labute approximate surface area is 366 Å². The summed E-state index contributed by atoms with van der Waals surface area (Å²) in [5.74, 6) is -2.06. The van der Waals surface area contributed by atoms with Gasteiger partial charge in [0.2, 0.25) is 35.4 Å². The minimum atomic E-state index is -0.919. The molecule has 2 saturated heterocycles. The number of likely N-dealkylation sites (N-methyl/N-ethyl adjacent to an activating group) is 1. The summed E-state index contributed by atoms with van der Waals surface area (Å²) in [6, 6.07) is 12.8. The SMILES string of the molecule is CN[C@@H](C)C(=O)NC(C(=O)N1C[C@@H](NC(=O)C2CCCC(C(=O)N[C@@H]3CN[C@H](C(=O)N[C@@H]4CCCc5ccccc54)C3)C2)CC1C(=O)N[C@@H]1CCCc2ccccc21)C(C)(C)C. The second-order valence-corrected chi connectivity index (χ2v) is 19.5. The van der Waals surface area contributed by atoms with Crippen LogP contribution < -0.4 is 37.2 Å². The second-order valence-electron chi connectivity index (χ2n) is 19.5. The Bertz CT molecular complexity index is 1980. The van der Waals surface area contributed by atoms with Crippen molar-refractivity contribution >= 4 is 35.4 Å². The van der Waals surface area contributed by atoms with Crippen LogP contribution in [-0.4, -0.2) is 96.7 Å². The van der Waals surface area contributed by atoms with Crippen LogP contribution >= 0.6 is 0 Å². The van der Waals surface area contributed by atoms with Crippen molar-refractivity contribution in [2.75, 3.05) is 20.1 Å². The van der Waals surface area contributed by atoms with E-state index >= 15 is 0 Å². The third-order valence-electron chi connectivity index (χ3n) is 14.0. The highest BCUT2D eigenvalue weighted by Crippen LogP contribution is 2.34. The molecule has 14 nitrogen and oxygen atoms in total. The van der Waals surface area contributed by atoms with Gasteiger partial charge in [0, 0.05) is 37.0 Å². The van der Waals surface area contributed by atoms with Gasteiger partial charge in [-0.3, -0.25) is 28.8 Å². The van der Waals surface area contributed by atoms with Gasteiger partial charge in [-0.25, -0.2) is 0 Å². The lowest BCUT2D eigenvalue weighted by Gasteiger charge is -2.36. The second kappa shape index (κ2) is 19.7. The smallest absolute Gasteiger partial charge is 0.246 e. The number of hydrogen-bond acceptors (Lipinski definition) is 8. The number of rotatable bonds is 12. The number of likely N-dealkylation sites (tertiary alicyclic amines) is 1. The van der Waals surface area contributed by atoms with Gasteiger partial charge in [0.05, 0.1) is 24.2 Å². The first-order chi connectivity index (χ1) is 29.7. The van der Waals surface area contributed by atoms with E-state index in [1.165, 1.54) is 16.7 Å². The summed E-state index contributed by atoms with van der Waals surface area (Å²) in [5, 5.41) is 22.0. The Balaban J connectivity index is 0.968. The lowest BCUT2D eigenvalue weighted by molar-refractivity contribution is -0.144. The predicted octanol–water partition coefficient (Wildman–Crippen LogP) is 3.25.